The fourth-order valence-corrected chi connectivity index (χ4v) is 2.65. The lowest BCUT2D eigenvalue weighted by molar-refractivity contribution is 0.621. The van der Waals surface area contributed by atoms with Crippen molar-refractivity contribution in [3.8, 4) is 0 Å². The summed E-state index contributed by atoms with van der Waals surface area (Å²) in [5.41, 5.74) is 6.29. The molecule has 0 heterocycles. The Labute approximate surface area is 109 Å². The molecule has 0 aromatic heterocycles. The molecule has 0 fully saturated rings. The van der Waals surface area contributed by atoms with Gasteiger partial charge >= 0.3 is 0 Å². The highest BCUT2D eigenvalue weighted by atomic mass is 35.5. The average molecular weight is 268 g/mol. The molecule has 2 rings (SSSR count). The van der Waals surface area contributed by atoms with Gasteiger partial charge in [0.25, 0.3) is 0 Å². The van der Waals surface area contributed by atoms with Gasteiger partial charge in [-0.3, -0.25) is 0 Å². The molecule has 2 aromatic rings. The van der Waals surface area contributed by atoms with E-state index in [1.165, 1.54) is 23.9 Å². The molecule has 4 heteroatoms. The van der Waals surface area contributed by atoms with Crippen LogP contribution in [0.1, 0.15) is 5.56 Å². The largest absolute Gasteiger partial charge is 0.326 e. The molecule has 0 saturated carbocycles. The third-order valence-corrected chi connectivity index (χ3v) is 3.72. The zero-order valence-corrected chi connectivity index (χ0v) is 10.6. The van der Waals surface area contributed by atoms with E-state index in [4.69, 9.17) is 17.3 Å². The van der Waals surface area contributed by atoms with Crippen LogP contribution in [0.4, 0.5) is 4.39 Å². The van der Waals surface area contributed by atoms with Crippen LogP contribution in [-0.4, -0.2) is 0 Å². The van der Waals surface area contributed by atoms with Crippen LogP contribution in [0.5, 0.6) is 0 Å². The first-order valence-corrected chi connectivity index (χ1v) is 6.30. The number of hydrogen-bond acceptors (Lipinski definition) is 2. The third kappa shape index (κ3) is 3.22. The maximum Gasteiger partial charge on any atom is 0.124 e. The second-order valence-corrected chi connectivity index (χ2v) is 5.05. The average Bonchev–Trinajstić information content (AvgIpc) is 2.31. The highest BCUT2D eigenvalue weighted by Crippen LogP contribution is 2.33. The molecule has 2 N–H and O–H groups in total. The lowest BCUT2D eigenvalue weighted by Crippen LogP contribution is -1.97. The molecule has 0 bridgehead atoms. The van der Waals surface area contributed by atoms with Crippen molar-refractivity contribution < 1.29 is 4.39 Å². The summed E-state index contributed by atoms with van der Waals surface area (Å²) in [6.45, 7) is 0.327. The fraction of sp³-hybridized carbons (Fsp3) is 0.0769. The summed E-state index contributed by atoms with van der Waals surface area (Å²) >= 11 is 7.48. The lowest BCUT2D eigenvalue weighted by atomic mass is 10.2. The Bertz CT molecular complexity index is 531. The zero-order valence-electron chi connectivity index (χ0n) is 8.99. The monoisotopic (exact) mass is 267 g/mol. The maximum absolute atomic E-state index is 13.3. The van der Waals surface area contributed by atoms with E-state index in [0.717, 1.165) is 15.4 Å². The van der Waals surface area contributed by atoms with Crippen molar-refractivity contribution in [3.05, 3.63) is 58.9 Å². The number of benzene rings is 2. The molecule has 0 spiro atoms. The Morgan fingerprint density at radius 1 is 1.18 bits per heavy atom. The van der Waals surface area contributed by atoms with E-state index < -0.39 is 0 Å². The molecule has 1 nitrogen and oxygen atoms in total. The van der Waals surface area contributed by atoms with Crippen LogP contribution in [0, 0.1) is 5.82 Å². The predicted molar refractivity (Wildman–Crippen MR) is 69.9 cm³/mol. The first-order valence-electron chi connectivity index (χ1n) is 5.11. The molecule has 0 radical (unpaired) electrons. The van der Waals surface area contributed by atoms with Gasteiger partial charge in [-0.2, -0.15) is 0 Å². The highest BCUT2D eigenvalue weighted by molar-refractivity contribution is 7.99. The van der Waals surface area contributed by atoms with Crippen molar-refractivity contribution in [2.24, 2.45) is 5.73 Å². The van der Waals surface area contributed by atoms with Crippen molar-refractivity contribution in [1.29, 1.82) is 0 Å². The molecule has 0 unspecified atom stereocenters. The van der Waals surface area contributed by atoms with E-state index in [1.54, 1.807) is 0 Å². The number of nitrogens with two attached hydrogens (primary N) is 1. The van der Waals surface area contributed by atoms with Crippen molar-refractivity contribution >= 4 is 23.4 Å². The first kappa shape index (κ1) is 12.4. The van der Waals surface area contributed by atoms with Gasteiger partial charge in [0.05, 0.1) is 5.02 Å². The topological polar surface area (TPSA) is 26.0 Å². The van der Waals surface area contributed by atoms with Crippen LogP contribution >= 0.6 is 23.4 Å². The Hall–Kier alpha value is -1.03. The quantitative estimate of drug-likeness (QED) is 0.906. The van der Waals surface area contributed by atoms with Crippen LogP contribution in [0.25, 0.3) is 0 Å². The van der Waals surface area contributed by atoms with E-state index in [-0.39, 0.29) is 5.82 Å². The van der Waals surface area contributed by atoms with E-state index in [2.05, 4.69) is 0 Å². The summed E-state index contributed by atoms with van der Waals surface area (Å²) in [5.74, 6) is -0.275. The van der Waals surface area contributed by atoms with Gasteiger partial charge in [-0.1, -0.05) is 35.5 Å². The van der Waals surface area contributed by atoms with Gasteiger partial charge in [-0.25, -0.2) is 4.39 Å². The smallest absolute Gasteiger partial charge is 0.124 e. The molecule has 0 aliphatic carbocycles. The van der Waals surface area contributed by atoms with E-state index in [0.29, 0.717) is 11.6 Å². The zero-order chi connectivity index (χ0) is 12.3. The van der Waals surface area contributed by atoms with Gasteiger partial charge in [0.1, 0.15) is 5.82 Å². The molecule has 0 saturated heterocycles. The summed E-state index contributed by atoms with van der Waals surface area (Å²) in [6.07, 6.45) is 0. The SMILES string of the molecule is NCc1cc(F)cc(Sc2ccccc2Cl)c1. The predicted octanol–water partition coefficient (Wildman–Crippen LogP) is 4.09. The molecule has 88 valence electrons. The molecular formula is C13H11ClFNS. The van der Waals surface area contributed by atoms with Gasteiger partial charge in [-0.15, -0.1) is 0 Å². The maximum atomic E-state index is 13.3. The van der Waals surface area contributed by atoms with Crippen molar-refractivity contribution in [3.63, 3.8) is 0 Å². The second kappa shape index (κ2) is 5.54. The molecule has 0 atom stereocenters. The van der Waals surface area contributed by atoms with Crippen molar-refractivity contribution in [1.82, 2.24) is 0 Å². The molecule has 17 heavy (non-hydrogen) atoms. The lowest BCUT2D eigenvalue weighted by Gasteiger charge is -2.06. The van der Waals surface area contributed by atoms with Crippen LogP contribution in [0.15, 0.2) is 52.3 Å². The molecule has 0 aliphatic rings. The summed E-state index contributed by atoms with van der Waals surface area (Å²) in [4.78, 5) is 1.71. The summed E-state index contributed by atoms with van der Waals surface area (Å²) in [7, 11) is 0. The Morgan fingerprint density at radius 3 is 2.65 bits per heavy atom. The first-order chi connectivity index (χ1) is 8.19. The number of hydrogen-bond donors (Lipinski definition) is 1. The van der Waals surface area contributed by atoms with Crippen molar-refractivity contribution in [2.45, 2.75) is 16.3 Å². The van der Waals surface area contributed by atoms with Gasteiger partial charge in [0.15, 0.2) is 0 Å². The van der Waals surface area contributed by atoms with Gasteiger partial charge < -0.3 is 5.73 Å². The second-order valence-electron chi connectivity index (χ2n) is 3.53. The van der Waals surface area contributed by atoms with Gasteiger partial charge in [0.2, 0.25) is 0 Å². The number of halogens is 2. The van der Waals surface area contributed by atoms with Crippen LogP contribution in [0.2, 0.25) is 5.02 Å². The third-order valence-electron chi connectivity index (χ3n) is 2.23. The Morgan fingerprint density at radius 2 is 1.94 bits per heavy atom. The Balaban J connectivity index is 2.30. The molecule has 0 amide bonds. The Kier molecular flexibility index (Phi) is 4.05. The van der Waals surface area contributed by atoms with Gasteiger partial charge in [0, 0.05) is 16.3 Å². The summed E-state index contributed by atoms with van der Waals surface area (Å²) in [5, 5.41) is 0.663. The minimum Gasteiger partial charge on any atom is -0.326 e. The minimum atomic E-state index is -0.275. The van der Waals surface area contributed by atoms with Crippen LogP contribution in [-0.2, 0) is 6.54 Å². The summed E-state index contributed by atoms with van der Waals surface area (Å²) in [6, 6.07) is 12.3. The van der Waals surface area contributed by atoms with Crippen LogP contribution < -0.4 is 5.73 Å². The van der Waals surface area contributed by atoms with E-state index in [9.17, 15) is 4.39 Å². The van der Waals surface area contributed by atoms with Crippen LogP contribution in [0.3, 0.4) is 0 Å². The summed E-state index contributed by atoms with van der Waals surface area (Å²) < 4.78 is 13.3. The number of rotatable bonds is 3. The fourth-order valence-electron chi connectivity index (χ4n) is 1.45. The van der Waals surface area contributed by atoms with Gasteiger partial charge in [-0.05, 0) is 35.9 Å². The molecule has 0 aliphatic heterocycles. The standard InChI is InChI=1S/C13H11ClFNS/c14-12-3-1-2-4-13(12)17-11-6-9(8-16)5-10(15)7-11/h1-7H,8,16H2. The molecular weight excluding hydrogens is 257 g/mol. The van der Waals surface area contributed by atoms with E-state index in [1.807, 2.05) is 30.3 Å². The minimum absolute atomic E-state index is 0.275. The highest BCUT2D eigenvalue weighted by Gasteiger charge is 2.04. The molecule has 2 aromatic carbocycles. The normalized spacial score (nSPS) is 10.5. The van der Waals surface area contributed by atoms with E-state index >= 15 is 0 Å². The van der Waals surface area contributed by atoms with Crippen molar-refractivity contribution in [2.75, 3.05) is 0 Å².